The summed E-state index contributed by atoms with van der Waals surface area (Å²) in [4.78, 5) is 11.9. The second kappa shape index (κ2) is 4.96. The van der Waals surface area contributed by atoms with Gasteiger partial charge < -0.3 is 5.32 Å². The fourth-order valence-electron chi connectivity index (χ4n) is 1.38. The average Bonchev–Trinajstić information content (AvgIpc) is 2.21. The minimum atomic E-state index is 0.0329. The highest BCUT2D eigenvalue weighted by Crippen LogP contribution is 2.10. The van der Waals surface area contributed by atoms with Crippen LogP contribution < -0.4 is 5.32 Å². The Balaban J connectivity index is 2.86. The van der Waals surface area contributed by atoms with Crippen molar-refractivity contribution in [3.05, 3.63) is 34.9 Å². The lowest BCUT2D eigenvalue weighted by Gasteiger charge is -2.13. The van der Waals surface area contributed by atoms with E-state index >= 15 is 0 Å². The molecule has 1 aromatic rings. The molecule has 1 aromatic carbocycles. The van der Waals surface area contributed by atoms with Crippen LogP contribution >= 0.6 is 0 Å². The van der Waals surface area contributed by atoms with Gasteiger partial charge in [0.15, 0.2) is 0 Å². The maximum Gasteiger partial charge on any atom is 0.251 e. The van der Waals surface area contributed by atoms with E-state index in [1.807, 2.05) is 39.0 Å². The Hall–Kier alpha value is -1.31. The molecule has 0 heterocycles. The summed E-state index contributed by atoms with van der Waals surface area (Å²) >= 11 is 0. The van der Waals surface area contributed by atoms with Crippen LogP contribution in [0.25, 0.3) is 0 Å². The predicted molar refractivity (Wildman–Crippen MR) is 63.1 cm³/mol. The Labute approximate surface area is 91.7 Å². The molecule has 0 saturated carbocycles. The zero-order chi connectivity index (χ0) is 11.4. The summed E-state index contributed by atoms with van der Waals surface area (Å²) in [7, 11) is 0. The van der Waals surface area contributed by atoms with Gasteiger partial charge in [-0.2, -0.15) is 0 Å². The molecule has 1 amide bonds. The third-order valence-corrected chi connectivity index (χ3v) is 2.63. The van der Waals surface area contributed by atoms with Gasteiger partial charge in [-0.15, -0.1) is 0 Å². The van der Waals surface area contributed by atoms with Crippen molar-refractivity contribution < 1.29 is 4.79 Å². The van der Waals surface area contributed by atoms with Crippen molar-refractivity contribution in [3.8, 4) is 0 Å². The Morgan fingerprint density at radius 2 is 2.07 bits per heavy atom. The molecule has 2 heteroatoms. The number of rotatable bonds is 3. The Bertz CT molecular complexity index is 358. The molecule has 1 atom stereocenters. The molecule has 0 aliphatic heterocycles. The lowest BCUT2D eigenvalue weighted by atomic mass is 10.0. The van der Waals surface area contributed by atoms with Gasteiger partial charge in [-0.3, -0.25) is 4.79 Å². The smallest absolute Gasteiger partial charge is 0.251 e. The van der Waals surface area contributed by atoms with Crippen molar-refractivity contribution in [2.45, 2.75) is 40.2 Å². The van der Waals surface area contributed by atoms with Crippen LogP contribution in [0, 0.1) is 13.8 Å². The summed E-state index contributed by atoms with van der Waals surface area (Å²) in [5.74, 6) is 0.0329. The Morgan fingerprint density at radius 3 is 2.67 bits per heavy atom. The predicted octanol–water partition coefficient (Wildman–Crippen LogP) is 2.83. The van der Waals surface area contributed by atoms with Crippen LogP contribution in [0.5, 0.6) is 0 Å². The molecule has 1 N–H and O–H groups in total. The third kappa shape index (κ3) is 3.08. The highest BCUT2D eigenvalue weighted by atomic mass is 16.1. The molecule has 0 aromatic heterocycles. The molecular formula is C13H19NO. The molecule has 2 nitrogen and oxygen atoms in total. The molecular weight excluding hydrogens is 186 g/mol. The zero-order valence-corrected chi connectivity index (χ0v) is 9.92. The minimum absolute atomic E-state index is 0.0329. The lowest BCUT2D eigenvalue weighted by molar-refractivity contribution is 0.0938. The molecule has 0 aliphatic rings. The van der Waals surface area contributed by atoms with E-state index in [1.165, 1.54) is 0 Å². The summed E-state index contributed by atoms with van der Waals surface area (Å²) in [5.41, 5.74) is 2.94. The first-order chi connectivity index (χ1) is 7.04. The first kappa shape index (κ1) is 11.8. The van der Waals surface area contributed by atoms with Crippen molar-refractivity contribution in [2.24, 2.45) is 0 Å². The van der Waals surface area contributed by atoms with Crippen molar-refractivity contribution >= 4 is 5.91 Å². The van der Waals surface area contributed by atoms with Crippen LogP contribution in [0.4, 0.5) is 0 Å². The number of hydrogen-bond acceptors (Lipinski definition) is 1. The number of nitrogens with one attached hydrogen (secondary N) is 1. The van der Waals surface area contributed by atoms with E-state index in [-0.39, 0.29) is 11.9 Å². The van der Waals surface area contributed by atoms with Crippen molar-refractivity contribution in [1.82, 2.24) is 5.32 Å². The van der Waals surface area contributed by atoms with Crippen molar-refractivity contribution in [1.29, 1.82) is 0 Å². The quantitative estimate of drug-likeness (QED) is 0.807. The lowest BCUT2D eigenvalue weighted by Crippen LogP contribution is -2.32. The van der Waals surface area contributed by atoms with Gasteiger partial charge >= 0.3 is 0 Å². The highest BCUT2D eigenvalue weighted by molar-refractivity contribution is 5.95. The number of hydrogen-bond donors (Lipinski definition) is 1. The Morgan fingerprint density at radius 1 is 1.40 bits per heavy atom. The van der Waals surface area contributed by atoms with Gasteiger partial charge in [0, 0.05) is 11.6 Å². The van der Waals surface area contributed by atoms with Crippen LogP contribution in [0.3, 0.4) is 0 Å². The number of carbonyl (C=O) groups is 1. The first-order valence-electron chi connectivity index (χ1n) is 5.42. The topological polar surface area (TPSA) is 29.1 Å². The van der Waals surface area contributed by atoms with Crippen molar-refractivity contribution in [3.63, 3.8) is 0 Å². The Kier molecular flexibility index (Phi) is 3.89. The van der Waals surface area contributed by atoms with Crippen LogP contribution in [-0.4, -0.2) is 11.9 Å². The van der Waals surface area contributed by atoms with Gasteiger partial charge in [0.05, 0.1) is 0 Å². The fourth-order valence-corrected chi connectivity index (χ4v) is 1.38. The van der Waals surface area contributed by atoms with E-state index in [0.29, 0.717) is 0 Å². The van der Waals surface area contributed by atoms with E-state index in [9.17, 15) is 4.79 Å². The monoisotopic (exact) mass is 205 g/mol. The van der Waals surface area contributed by atoms with E-state index < -0.39 is 0 Å². The zero-order valence-electron chi connectivity index (χ0n) is 9.92. The molecule has 1 rings (SSSR count). The summed E-state index contributed by atoms with van der Waals surface area (Å²) in [6.45, 7) is 8.04. The highest BCUT2D eigenvalue weighted by Gasteiger charge is 2.10. The largest absolute Gasteiger partial charge is 0.350 e. The maximum atomic E-state index is 11.9. The number of carbonyl (C=O) groups excluding carboxylic acids is 1. The summed E-state index contributed by atoms with van der Waals surface area (Å²) in [6, 6.07) is 6.18. The fraction of sp³-hybridized carbons (Fsp3) is 0.462. The molecule has 15 heavy (non-hydrogen) atoms. The molecule has 0 unspecified atom stereocenters. The normalized spacial score (nSPS) is 12.3. The van der Waals surface area contributed by atoms with Gasteiger partial charge in [0.25, 0.3) is 5.91 Å². The molecule has 0 bridgehead atoms. The second-order valence-corrected chi connectivity index (χ2v) is 4.10. The number of aryl methyl sites for hydroxylation is 2. The van der Waals surface area contributed by atoms with Crippen molar-refractivity contribution in [2.75, 3.05) is 0 Å². The molecule has 0 saturated heterocycles. The van der Waals surface area contributed by atoms with Crippen LogP contribution in [0.1, 0.15) is 41.8 Å². The first-order valence-corrected chi connectivity index (χ1v) is 5.42. The van der Waals surface area contributed by atoms with Gasteiger partial charge in [0.1, 0.15) is 0 Å². The summed E-state index contributed by atoms with van der Waals surface area (Å²) in [5, 5.41) is 2.97. The van der Waals surface area contributed by atoms with Crippen LogP contribution in [-0.2, 0) is 0 Å². The molecule has 0 fully saturated rings. The molecule has 0 radical (unpaired) electrons. The second-order valence-electron chi connectivity index (χ2n) is 4.10. The van der Waals surface area contributed by atoms with Gasteiger partial charge in [-0.05, 0) is 38.8 Å². The standard InChI is InChI=1S/C13H19NO/c1-5-11(4)14-13(15)12-8-9(2)6-7-10(12)3/h6-8,11H,5H2,1-4H3,(H,14,15)/t11-/m0/s1. The van der Waals surface area contributed by atoms with E-state index in [2.05, 4.69) is 12.2 Å². The van der Waals surface area contributed by atoms with E-state index in [1.54, 1.807) is 0 Å². The van der Waals surface area contributed by atoms with E-state index in [0.717, 1.165) is 23.1 Å². The van der Waals surface area contributed by atoms with E-state index in [4.69, 9.17) is 0 Å². The molecule has 0 spiro atoms. The SMILES string of the molecule is CC[C@H](C)NC(=O)c1cc(C)ccc1C. The minimum Gasteiger partial charge on any atom is -0.350 e. The maximum absolute atomic E-state index is 11.9. The van der Waals surface area contributed by atoms with Gasteiger partial charge in [-0.1, -0.05) is 24.6 Å². The summed E-state index contributed by atoms with van der Waals surface area (Å²) in [6.07, 6.45) is 0.955. The van der Waals surface area contributed by atoms with Crippen LogP contribution in [0.2, 0.25) is 0 Å². The number of amides is 1. The average molecular weight is 205 g/mol. The number of benzene rings is 1. The third-order valence-electron chi connectivity index (χ3n) is 2.63. The van der Waals surface area contributed by atoms with Crippen LogP contribution in [0.15, 0.2) is 18.2 Å². The molecule has 82 valence electrons. The van der Waals surface area contributed by atoms with Gasteiger partial charge in [-0.25, -0.2) is 0 Å². The van der Waals surface area contributed by atoms with Gasteiger partial charge in [0.2, 0.25) is 0 Å². The summed E-state index contributed by atoms with van der Waals surface area (Å²) < 4.78 is 0. The molecule has 0 aliphatic carbocycles.